The zero-order valence-corrected chi connectivity index (χ0v) is 18.3. The molecule has 0 aliphatic carbocycles. The Bertz CT molecular complexity index is 1340. The summed E-state index contributed by atoms with van der Waals surface area (Å²) in [6.07, 6.45) is 0. The zero-order valence-electron chi connectivity index (χ0n) is 17.4. The van der Waals surface area contributed by atoms with Crippen LogP contribution < -0.4 is 0 Å². The molecule has 0 unspecified atom stereocenters. The molecule has 0 saturated carbocycles. The van der Waals surface area contributed by atoms with Gasteiger partial charge in [0, 0.05) is 10.4 Å². The van der Waals surface area contributed by atoms with Crippen LogP contribution in [0.4, 0.5) is 0 Å². The van der Waals surface area contributed by atoms with Gasteiger partial charge in [0.15, 0.2) is 0 Å². The van der Waals surface area contributed by atoms with Gasteiger partial charge in [0.1, 0.15) is 0 Å². The van der Waals surface area contributed by atoms with Crippen molar-refractivity contribution >= 4 is 21.6 Å². The second kappa shape index (κ2) is 7.55. The van der Waals surface area contributed by atoms with Gasteiger partial charge in [0.2, 0.25) is 0 Å². The lowest BCUT2D eigenvalue weighted by Crippen LogP contribution is -1.87. The van der Waals surface area contributed by atoms with Crippen molar-refractivity contribution in [2.45, 2.75) is 20.8 Å². The van der Waals surface area contributed by atoms with Crippen molar-refractivity contribution in [2.24, 2.45) is 0 Å². The average Bonchev–Trinajstić information content (AvgIpc) is 3.16. The number of aromatic nitrogens is 1. The first-order valence-corrected chi connectivity index (χ1v) is 11.0. The number of aryl methyl sites for hydroxylation is 3. The Labute approximate surface area is 181 Å². The van der Waals surface area contributed by atoms with E-state index in [1.54, 1.807) is 0 Å². The molecule has 0 fully saturated rings. The van der Waals surface area contributed by atoms with E-state index in [1.165, 1.54) is 43.0 Å². The number of fused-ring (bicyclic) bond motifs is 1. The van der Waals surface area contributed by atoms with Crippen molar-refractivity contribution in [3.63, 3.8) is 0 Å². The number of hydrogen-bond donors (Lipinski definition) is 0. The lowest BCUT2D eigenvalue weighted by atomic mass is 9.98. The van der Waals surface area contributed by atoms with Gasteiger partial charge in [-0.15, -0.1) is 11.3 Å². The molecular formula is C28H23NS. The van der Waals surface area contributed by atoms with E-state index in [9.17, 15) is 0 Å². The topological polar surface area (TPSA) is 12.9 Å². The summed E-state index contributed by atoms with van der Waals surface area (Å²) < 4.78 is 1.23. The molecule has 30 heavy (non-hydrogen) atoms. The average molecular weight is 406 g/mol. The van der Waals surface area contributed by atoms with Crippen LogP contribution in [-0.4, -0.2) is 4.98 Å². The van der Waals surface area contributed by atoms with Crippen molar-refractivity contribution < 1.29 is 0 Å². The minimum absolute atomic E-state index is 1.02. The molecule has 5 rings (SSSR count). The Morgan fingerprint density at radius 3 is 2.10 bits per heavy atom. The Balaban J connectivity index is 1.57. The van der Waals surface area contributed by atoms with Gasteiger partial charge in [-0.25, -0.2) is 4.98 Å². The third-order valence-corrected chi connectivity index (χ3v) is 6.67. The molecular weight excluding hydrogens is 382 g/mol. The SMILES string of the molecule is Cc1cc(C)c(-c2cc3nc(-c4cccc(-c5ccccc5)c4)ccc3s2)c(C)c1. The minimum Gasteiger partial charge on any atom is -0.247 e. The molecule has 0 spiro atoms. The molecule has 2 aromatic heterocycles. The first kappa shape index (κ1) is 18.8. The van der Waals surface area contributed by atoms with Crippen LogP contribution in [0.25, 0.3) is 43.0 Å². The third-order valence-electron chi connectivity index (χ3n) is 5.56. The van der Waals surface area contributed by atoms with Crippen LogP contribution >= 0.6 is 11.3 Å². The molecule has 0 N–H and O–H groups in total. The van der Waals surface area contributed by atoms with Gasteiger partial charge in [-0.3, -0.25) is 0 Å². The van der Waals surface area contributed by atoms with Gasteiger partial charge >= 0.3 is 0 Å². The van der Waals surface area contributed by atoms with Gasteiger partial charge in [0.05, 0.1) is 15.9 Å². The van der Waals surface area contributed by atoms with E-state index < -0.39 is 0 Å². The fourth-order valence-corrected chi connectivity index (χ4v) is 5.44. The fourth-order valence-electron chi connectivity index (χ4n) is 4.27. The van der Waals surface area contributed by atoms with Crippen LogP contribution in [-0.2, 0) is 0 Å². The number of rotatable bonds is 3. The van der Waals surface area contributed by atoms with Crippen LogP contribution in [0.3, 0.4) is 0 Å². The predicted molar refractivity (Wildman–Crippen MR) is 130 cm³/mol. The molecule has 0 saturated heterocycles. The molecule has 146 valence electrons. The summed E-state index contributed by atoms with van der Waals surface area (Å²) in [7, 11) is 0. The summed E-state index contributed by atoms with van der Waals surface area (Å²) in [6.45, 7) is 6.56. The normalized spacial score (nSPS) is 11.2. The summed E-state index contributed by atoms with van der Waals surface area (Å²) in [5.41, 5.74) is 11.0. The van der Waals surface area contributed by atoms with E-state index in [4.69, 9.17) is 4.98 Å². The Kier molecular flexibility index (Phi) is 4.72. The molecule has 5 aromatic rings. The van der Waals surface area contributed by atoms with Gasteiger partial charge < -0.3 is 0 Å². The molecule has 3 aromatic carbocycles. The third kappa shape index (κ3) is 3.44. The van der Waals surface area contributed by atoms with Crippen LogP contribution in [0, 0.1) is 20.8 Å². The highest BCUT2D eigenvalue weighted by molar-refractivity contribution is 7.22. The highest BCUT2D eigenvalue weighted by atomic mass is 32.1. The maximum Gasteiger partial charge on any atom is 0.0823 e. The first-order chi connectivity index (χ1) is 14.6. The predicted octanol–water partition coefficient (Wildman–Crippen LogP) is 8.22. The standard InChI is InChI=1S/C28H23NS/c1-18-14-19(2)28(20(3)15-18)27-17-25-26(30-27)13-12-24(29-25)23-11-7-10-22(16-23)21-8-5-4-6-9-21/h4-17H,1-3H3. The molecule has 2 heteroatoms. The van der Waals surface area contributed by atoms with Gasteiger partial charge in [-0.2, -0.15) is 0 Å². The lowest BCUT2D eigenvalue weighted by molar-refractivity contribution is 1.33. The molecule has 0 aliphatic rings. The van der Waals surface area contributed by atoms with Crippen molar-refractivity contribution in [1.82, 2.24) is 4.98 Å². The van der Waals surface area contributed by atoms with Crippen LogP contribution in [0.2, 0.25) is 0 Å². The summed E-state index contributed by atoms with van der Waals surface area (Å²) in [4.78, 5) is 6.31. The smallest absolute Gasteiger partial charge is 0.0823 e. The zero-order chi connectivity index (χ0) is 20.7. The number of pyridine rings is 1. The van der Waals surface area contributed by atoms with Crippen LogP contribution in [0.1, 0.15) is 16.7 Å². The van der Waals surface area contributed by atoms with E-state index in [2.05, 4.69) is 106 Å². The molecule has 2 heterocycles. The Morgan fingerprint density at radius 2 is 1.33 bits per heavy atom. The highest BCUT2D eigenvalue weighted by Gasteiger charge is 2.12. The van der Waals surface area contributed by atoms with E-state index in [0.29, 0.717) is 0 Å². The molecule has 0 atom stereocenters. The van der Waals surface area contributed by atoms with Crippen LogP contribution in [0.5, 0.6) is 0 Å². The Morgan fingerprint density at radius 1 is 0.633 bits per heavy atom. The van der Waals surface area contributed by atoms with Crippen molar-refractivity contribution in [3.05, 3.63) is 102 Å². The first-order valence-electron chi connectivity index (χ1n) is 10.2. The van der Waals surface area contributed by atoms with E-state index in [0.717, 1.165) is 16.8 Å². The lowest BCUT2D eigenvalue weighted by Gasteiger charge is -2.09. The number of hydrogen-bond acceptors (Lipinski definition) is 2. The largest absolute Gasteiger partial charge is 0.247 e. The van der Waals surface area contributed by atoms with E-state index in [-0.39, 0.29) is 0 Å². The molecule has 0 radical (unpaired) electrons. The summed E-state index contributed by atoms with van der Waals surface area (Å²) in [5, 5.41) is 0. The molecule has 0 amide bonds. The maximum atomic E-state index is 5.01. The van der Waals surface area contributed by atoms with E-state index >= 15 is 0 Å². The highest BCUT2D eigenvalue weighted by Crippen LogP contribution is 2.38. The minimum atomic E-state index is 1.02. The summed E-state index contributed by atoms with van der Waals surface area (Å²) >= 11 is 1.83. The van der Waals surface area contributed by atoms with Gasteiger partial charge in [-0.05, 0) is 72.9 Å². The monoisotopic (exact) mass is 405 g/mol. The quantitative estimate of drug-likeness (QED) is 0.295. The second-order valence-electron chi connectivity index (χ2n) is 7.91. The van der Waals surface area contributed by atoms with Crippen molar-refractivity contribution in [1.29, 1.82) is 0 Å². The second-order valence-corrected chi connectivity index (χ2v) is 8.99. The molecule has 1 nitrogen and oxygen atoms in total. The maximum absolute atomic E-state index is 5.01. The van der Waals surface area contributed by atoms with Crippen molar-refractivity contribution in [2.75, 3.05) is 0 Å². The van der Waals surface area contributed by atoms with Crippen molar-refractivity contribution in [3.8, 4) is 32.8 Å². The number of nitrogens with zero attached hydrogens (tertiary/aromatic N) is 1. The summed E-state index contributed by atoms with van der Waals surface area (Å²) in [6, 6.07) is 30.3. The molecule has 0 bridgehead atoms. The van der Waals surface area contributed by atoms with Gasteiger partial charge in [0.25, 0.3) is 0 Å². The number of thiophene rings is 1. The van der Waals surface area contributed by atoms with Gasteiger partial charge in [-0.1, -0.05) is 66.2 Å². The van der Waals surface area contributed by atoms with Crippen LogP contribution in [0.15, 0.2) is 84.9 Å². The van der Waals surface area contributed by atoms with E-state index in [1.807, 2.05) is 11.3 Å². The Hall–Kier alpha value is -3.23. The number of benzene rings is 3. The molecule has 0 aliphatic heterocycles. The summed E-state index contributed by atoms with van der Waals surface area (Å²) in [5.74, 6) is 0. The fraction of sp³-hybridized carbons (Fsp3) is 0.107.